The summed E-state index contributed by atoms with van der Waals surface area (Å²) in [5.74, 6) is 0. The zero-order valence-electron chi connectivity index (χ0n) is 10.8. The molecular formula is C14H21BrN2O. The van der Waals surface area contributed by atoms with Gasteiger partial charge in [0.15, 0.2) is 0 Å². The maximum Gasteiger partial charge on any atom is 0.0511 e. The predicted molar refractivity (Wildman–Crippen MR) is 79.1 cm³/mol. The highest BCUT2D eigenvalue weighted by Gasteiger charge is 2.22. The van der Waals surface area contributed by atoms with E-state index in [4.69, 9.17) is 0 Å². The van der Waals surface area contributed by atoms with Crippen LogP contribution >= 0.6 is 15.9 Å². The first-order valence-electron chi connectivity index (χ1n) is 6.53. The number of para-hydroxylation sites is 1. The van der Waals surface area contributed by atoms with Crippen molar-refractivity contribution in [3.8, 4) is 0 Å². The monoisotopic (exact) mass is 312 g/mol. The third kappa shape index (κ3) is 3.25. The van der Waals surface area contributed by atoms with Crippen molar-refractivity contribution in [3.05, 3.63) is 28.7 Å². The summed E-state index contributed by atoms with van der Waals surface area (Å²) < 4.78 is 1.15. The van der Waals surface area contributed by atoms with E-state index in [1.807, 2.05) is 6.07 Å². The Labute approximate surface area is 118 Å². The molecule has 0 spiro atoms. The van der Waals surface area contributed by atoms with Crippen LogP contribution in [0.5, 0.6) is 0 Å². The first-order valence-corrected chi connectivity index (χ1v) is 7.32. The molecule has 18 heavy (non-hydrogen) atoms. The Hall–Kier alpha value is -0.580. The van der Waals surface area contributed by atoms with Gasteiger partial charge in [-0.3, -0.25) is 0 Å². The molecule has 1 fully saturated rings. The Morgan fingerprint density at radius 1 is 1.33 bits per heavy atom. The Kier molecular flexibility index (Phi) is 5.03. The quantitative estimate of drug-likeness (QED) is 0.928. The maximum atomic E-state index is 9.19. The summed E-state index contributed by atoms with van der Waals surface area (Å²) >= 11 is 3.63. The number of hydrogen-bond acceptors (Lipinski definition) is 3. The van der Waals surface area contributed by atoms with Crippen LogP contribution in [0.2, 0.25) is 0 Å². The van der Waals surface area contributed by atoms with E-state index in [0.717, 1.165) is 30.5 Å². The molecule has 1 saturated heterocycles. The number of aliphatic hydroxyl groups is 1. The molecular weight excluding hydrogens is 292 g/mol. The Morgan fingerprint density at radius 3 is 2.83 bits per heavy atom. The molecule has 0 amide bonds. The molecule has 0 aromatic heterocycles. The molecule has 3 nitrogen and oxygen atoms in total. The summed E-state index contributed by atoms with van der Waals surface area (Å²) in [4.78, 5) is 4.79. The van der Waals surface area contributed by atoms with Crippen LogP contribution in [0.25, 0.3) is 0 Å². The highest BCUT2D eigenvalue weighted by molar-refractivity contribution is 9.10. The lowest BCUT2D eigenvalue weighted by Gasteiger charge is -2.30. The van der Waals surface area contributed by atoms with E-state index in [9.17, 15) is 5.11 Å². The number of hydrogen-bond donors (Lipinski definition) is 1. The van der Waals surface area contributed by atoms with Gasteiger partial charge in [0.05, 0.1) is 5.69 Å². The molecule has 1 aliphatic rings. The molecule has 2 rings (SSSR count). The molecule has 1 atom stereocenters. The van der Waals surface area contributed by atoms with Gasteiger partial charge in [-0.15, -0.1) is 0 Å². The van der Waals surface area contributed by atoms with Crippen LogP contribution in [0, 0.1) is 0 Å². The van der Waals surface area contributed by atoms with Crippen molar-refractivity contribution in [1.82, 2.24) is 4.90 Å². The fourth-order valence-corrected chi connectivity index (χ4v) is 3.10. The van der Waals surface area contributed by atoms with E-state index < -0.39 is 0 Å². The molecule has 1 unspecified atom stereocenters. The van der Waals surface area contributed by atoms with Gasteiger partial charge in [-0.05, 0) is 54.5 Å². The minimum absolute atomic E-state index is 0.263. The number of aliphatic hydroxyl groups excluding tert-OH is 1. The number of anilines is 1. The van der Waals surface area contributed by atoms with Gasteiger partial charge in [-0.25, -0.2) is 0 Å². The van der Waals surface area contributed by atoms with Crippen molar-refractivity contribution >= 4 is 21.6 Å². The van der Waals surface area contributed by atoms with Crippen LogP contribution in [-0.4, -0.2) is 49.3 Å². The topological polar surface area (TPSA) is 26.7 Å². The number of nitrogens with zero attached hydrogens (tertiary/aromatic N) is 2. The molecule has 100 valence electrons. The summed E-state index contributed by atoms with van der Waals surface area (Å²) in [6.07, 6.45) is 2.01. The molecule has 1 heterocycles. The normalized spacial score (nSPS) is 21.9. The molecule has 0 bridgehead atoms. The minimum atomic E-state index is 0.263. The van der Waals surface area contributed by atoms with Gasteiger partial charge in [0.25, 0.3) is 0 Å². The van der Waals surface area contributed by atoms with Gasteiger partial charge in [-0.1, -0.05) is 12.1 Å². The van der Waals surface area contributed by atoms with Crippen molar-refractivity contribution in [3.63, 3.8) is 0 Å². The summed E-state index contributed by atoms with van der Waals surface area (Å²) in [7, 11) is 2.16. The number of benzene rings is 1. The van der Waals surface area contributed by atoms with E-state index in [-0.39, 0.29) is 6.61 Å². The average molecular weight is 313 g/mol. The van der Waals surface area contributed by atoms with Crippen molar-refractivity contribution in [2.75, 3.05) is 38.2 Å². The van der Waals surface area contributed by atoms with Crippen molar-refractivity contribution in [2.24, 2.45) is 0 Å². The third-order valence-electron chi connectivity index (χ3n) is 3.65. The van der Waals surface area contributed by atoms with Gasteiger partial charge < -0.3 is 14.9 Å². The van der Waals surface area contributed by atoms with Crippen LogP contribution < -0.4 is 4.90 Å². The zero-order valence-corrected chi connectivity index (χ0v) is 12.4. The van der Waals surface area contributed by atoms with Crippen LogP contribution in [0.4, 0.5) is 5.69 Å². The van der Waals surface area contributed by atoms with Crippen LogP contribution in [0.15, 0.2) is 28.7 Å². The standard InChI is InChI=1S/C14H21BrN2O/c1-16-8-4-9-17(11-12(16)7-10-18)14-6-3-2-5-13(14)15/h2-3,5-6,12,18H,4,7-11H2,1H3. The van der Waals surface area contributed by atoms with Gasteiger partial charge in [0.1, 0.15) is 0 Å². The zero-order chi connectivity index (χ0) is 13.0. The minimum Gasteiger partial charge on any atom is -0.396 e. The second-order valence-electron chi connectivity index (χ2n) is 4.90. The first kappa shape index (κ1) is 13.8. The lowest BCUT2D eigenvalue weighted by molar-refractivity contribution is 0.196. The summed E-state index contributed by atoms with van der Waals surface area (Å²) in [5.41, 5.74) is 1.26. The fraction of sp³-hybridized carbons (Fsp3) is 0.571. The second kappa shape index (κ2) is 6.55. The largest absolute Gasteiger partial charge is 0.396 e. The van der Waals surface area contributed by atoms with Crippen LogP contribution in [-0.2, 0) is 0 Å². The number of likely N-dealkylation sites (N-methyl/N-ethyl adjacent to an activating group) is 1. The summed E-state index contributed by atoms with van der Waals surface area (Å²) in [5, 5.41) is 9.19. The Morgan fingerprint density at radius 2 is 2.11 bits per heavy atom. The van der Waals surface area contributed by atoms with E-state index >= 15 is 0 Å². The van der Waals surface area contributed by atoms with E-state index in [0.29, 0.717) is 6.04 Å². The predicted octanol–water partition coefficient (Wildman–Crippen LogP) is 2.34. The van der Waals surface area contributed by atoms with Crippen molar-refractivity contribution in [1.29, 1.82) is 0 Å². The molecule has 1 aromatic carbocycles. The van der Waals surface area contributed by atoms with Crippen LogP contribution in [0.1, 0.15) is 12.8 Å². The van der Waals surface area contributed by atoms with Crippen molar-refractivity contribution in [2.45, 2.75) is 18.9 Å². The molecule has 0 aliphatic carbocycles. The Balaban J connectivity index is 2.15. The van der Waals surface area contributed by atoms with E-state index in [1.165, 1.54) is 12.1 Å². The average Bonchev–Trinajstić information content (AvgIpc) is 2.54. The van der Waals surface area contributed by atoms with Gasteiger partial charge in [-0.2, -0.15) is 0 Å². The van der Waals surface area contributed by atoms with Gasteiger partial charge in [0, 0.05) is 30.2 Å². The molecule has 0 radical (unpaired) electrons. The molecule has 0 saturated carbocycles. The van der Waals surface area contributed by atoms with E-state index in [2.05, 4.69) is 51.0 Å². The highest BCUT2D eigenvalue weighted by Crippen LogP contribution is 2.27. The lowest BCUT2D eigenvalue weighted by atomic mass is 10.1. The highest BCUT2D eigenvalue weighted by atomic mass is 79.9. The smallest absolute Gasteiger partial charge is 0.0511 e. The van der Waals surface area contributed by atoms with Gasteiger partial charge >= 0.3 is 0 Å². The maximum absolute atomic E-state index is 9.19. The van der Waals surface area contributed by atoms with Crippen LogP contribution in [0.3, 0.4) is 0 Å². The lowest BCUT2D eigenvalue weighted by Crippen LogP contribution is -2.39. The molecule has 1 aliphatic heterocycles. The Bertz CT molecular complexity index is 386. The SMILES string of the molecule is CN1CCCN(c2ccccc2Br)CC1CCO. The first-order chi connectivity index (χ1) is 8.72. The second-order valence-corrected chi connectivity index (χ2v) is 5.75. The number of rotatable bonds is 3. The van der Waals surface area contributed by atoms with Crippen molar-refractivity contribution < 1.29 is 5.11 Å². The van der Waals surface area contributed by atoms with Gasteiger partial charge in [0.2, 0.25) is 0 Å². The number of halogens is 1. The molecule has 1 aromatic rings. The summed E-state index contributed by atoms with van der Waals surface area (Å²) in [6, 6.07) is 8.80. The molecule has 4 heteroatoms. The fourth-order valence-electron chi connectivity index (χ4n) is 2.57. The van der Waals surface area contributed by atoms with E-state index in [1.54, 1.807) is 0 Å². The third-order valence-corrected chi connectivity index (χ3v) is 4.32. The summed E-state index contributed by atoms with van der Waals surface area (Å²) in [6.45, 7) is 3.43. The molecule has 1 N–H and O–H groups in total.